The van der Waals surface area contributed by atoms with Crippen LogP contribution in [0.5, 0.6) is 5.75 Å². The molecule has 0 bridgehead atoms. The number of fused-ring (bicyclic) bond motifs is 1. The Morgan fingerprint density at radius 2 is 2.38 bits per heavy atom. The van der Waals surface area contributed by atoms with Gasteiger partial charge in [0.15, 0.2) is 0 Å². The van der Waals surface area contributed by atoms with Gasteiger partial charge in [-0.1, -0.05) is 12.1 Å². The Labute approximate surface area is 76.0 Å². The van der Waals surface area contributed by atoms with Gasteiger partial charge in [0.1, 0.15) is 12.4 Å². The van der Waals surface area contributed by atoms with Gasteiger partial charge in [-0.05, 0) is 6.07 Å². The number of hydrogen-bond acceptors (Lipinski definition) is 2. The largest absolute Gasteiger partial charge is 0.489 e. The lowest BCUT2D eigenvalue weighted by atomic mass is 10.2. The van der Waals surface area contributed by atoms with Gasteiger partial charge in [0.2, 0.25) is 0 Å². The number of aliphatic hydroxyl groups is 1. The Kier molecular flexibility index (Phi) is 2.19. The average Bonchev–Trinajstić information content (AvgIpc) is 2.62. The van der Waals surface area contributed by atoms with Gasteiger partial charge in [-0.2, -0.15) is 0 Å². The minimum Gasteiger partial charge on any atom is -0.489 e. The highest BCUT2D eigenvalue weighted by Crippen LogP contribution is 2.22. The summed E-state index contributed by atoms with van der Waals surface area (Å²) >= 11 is 0. The predicted octanol–water partition coefficient (Wildman–Crippen LogP) is 1.34. The van der Waals surface area contributed by atoms with Crippen molar-refractivity contribution in [1.29, 1.82) is 0 Å². The third kappa shape index (κ3) is 1.51. The first kappa shape index (κ1) is 8.13. The fraction of sp³-hybridized carbons (Fsp3) is 0.200. The molecule has 67 valence electrons. The number of aliphatic hydroxyl groups excluding tert-OH is 1. The van der Waals surface area contributed by atoms with Gasteiger partial charge in [-0.3, -0.25) is 0 Å². The second-order valence-electron chi connectivity index (χ2n) is 2.68. The Morgan fingerprint density at radius 3 is 3.23 bits per heavy atom. The quantitative estimate of drug-likeness (QED) is 0.741. The number of H-pyrrole nitrogens is 1. The maximum absolute atomic E-state index is 8.61. The maximum Gasteiger partial charge on any atom is 0.143 e. The number of rotatable bonds is 3. The molecule has 1 aromatic carbocycles. The normalized spacial score (nSPS) is 10.5. The van der Waals surface area contributed by atoms with Crippen molar-refractivity contribution in [3.8, 4) is 5.75 Å². The third-order valence-electron chi connectivity index (χ3n) is 1.82. The Hall–Kier alpha value is -1.48. The number of ether oxygens (including phenoxy) is 1. The molecule has 3 nitrogen and oxygen atoms in total. The van der Waals surface area contributed by atoms with Crippen LogP contribution in [-0.4, -0.2) is 23.3 Å². The van der Waals surface area contributed by atoms with Crippen LogP contribution >= 0.6 is 0 Å². The molecule has 0 aliphatic carbocycles. The van der Waals surface area contributed by atoms with Gasteiger partial charge in [0.05, 0.1) is 12.1 Å². The minimum atomic E-state index is 0.0286. The van der Waals surface area contributed by atoms with Crippen LogP contribution in [0.3, 0.4) is 0 Å². The molecule has 0 atom stereocenters. The maximum atomic E-state index is 8.61. The Bertz CT molecular complexity index is 394. The van der Waals surface area contributed by atoms with Gasteiger partial charge < -0.3 is 14.8 Å². The molecular formula is C10H10NO2. The summed E-state index contributed by atoms with van der Waals surface area (Å²) in [6, 6.07) is 8.76. The average molecular weight is 176 g/mol. The van der Waals surface area contributed by atoms with E-state index in [2.05, 4.69) is 11.1 Å². The molecule has 0 aliphatic rings. The standard InChI is InChI=1S/C10H10NO2/c12-6-7-13-9-3-1-2-8-4-5-11-10(8)9/h1-3,5,11-12H,6-7H2. The lowest BCUT2D eigenvalue weighted by Gasteiger charge is -2.04. The van der Waals surface area contributed by atoms with Crippen molar-refractivity contribution in [2.24, 2.45) is 0 Å². The zero-order chi connectivity index (χ0) is 9.10. The monoisotopic (exact) mass is 176 g/mol. The van der Waals surface area contributed by atoms with Gasteiger partial charge in [-0.15, -0.1) is 0 Å². The molecule has 1 radical (unpaired) electrons. The van der Waals surface area contributed by atoms with E-state index >= 15 is 0 Å². The van der Waals surface area contributed by atoms with Gasteiger partial charge >= 0.3 is 0 Å². The van der Waals surface area contributed by atoms with Crippen molar-refractivity contribution in [3.63, 3.8) is 0 Å². The molecule has 2 rings (SSSR count). The second kappa shape index (κ2) is 3.49. The van der Waals surface area contributed by atoms with Crippen LogP contribution in [-0.2, 0) is 0 Å². The molecule has 0 spiro atoms. The number of nitrogens with one attached hydrogen (secondary N) is 1. The highest BCUT2D eigenvalue weighted by Gasteiger charge is 2.01. The van der Waals surface area contributed by atoms with Gasteiger partial charge in [0.25, 0.3) is 0 Å². The van der Waals surface area contributed by atoms with E-state index in [4.69, 9.17) is 9.84 Å². The number of aromatic nitrogens is 1. The van der Waals surface area contributed by atoms with E-state index in [1.165, 1.54) is 0 Å². The van der Waals surface area contributed by atoms with Crippen molar-refractivity contribution in [2.45, 2.75) is 0 Å². The zero-order valence-corrected chi connectivity index (χ0v) is 7.08. The van der Waals surface area contributed by atoms with Crippen LogP contribution in [0.15, 0.2) is 24.4 Å². The first-order chi connectivity index (χ1) is 6.42. The number of benzene rings is 1. The van der Waals surface area contributed by atoms with Crippen molar-refractivity contribution >= 4 is 10.9 Å². The fourth-order valence-electron chi connectivity index (χ4n) is 1.26. The molecular weight excluding hydrogens is 166 g/mol. The summed E-state index contributed by atoms with van der Waals surface area (Å²) in [5, 5.41) is 9.60. The van der Waals surface area contributed by atoms with Crippen molar-refractivity contribution in [3.05, 3.63) is 30.5 Å². The summed E-state index contributed by atoms with van der Waals surface area (Å²) in [7, 11) is 0. The fourth-order valence-corrected chi connectivity index (χ4v) is 1.26. The number of para-hydroxylation sites is 1. The van der Waals surface area contributed by atoms with Gasteiger partial charge in [0, 0.05) is 17.6 Å². The first-order valence-corrected chi connectivity index (χ1v) is 4.13. The number of aromatic amines is 1. The predicted molar refractivity (Wildman–Crippen MR) is 49.7 cm³/mol. The summed E-state index contributed by atoms with van der Waals surface area (Å²) in [6.07, 6.45) is 1.75. The Morgan fingerprint density at radius 1 is 1.46 bits per heavy atom. The lowest BCUT2D eigenvalue weighted by Crippen LogP contribution is -2.01. The van der Waals surface area contributed by atoms with Crippen LogP contribution in [0.25, 0.3) is 10.9 Å². The first-order valence-electron chi connectivity index (χ1n) is 4.13. The molecule has 0 unspecified atom stereocenters. The van der Waals surface area contributed by atoms with E-state index in [1.807, 2.05) is 18.2 Å². The molecule has 2 aromatic rings. The van der Waals surface area contributed by atoms with E-state index in [0.29, 0.717) is 6.61 Å². The molecule has 1 aromatic heterocycles. The molecule has 0 saturated heterocycles. The van der Waals surface area contributed by atoms with E-state index in [0.717, 1.165) is 16.7 Å². The molecule has 0 fully saturated rings. The summed E-state index contributed by atoms with van der Waals surface area (Å²) in [5.41, 5.74) is 0.927. The third-order valence-corrected chi connectivity index (χ3v) is 1.82. The highest BCUT2D eigenvalue weighted by molar-refractivity contribution is 5.84. The van der Waals surface area contributed by atoms with Crippen molar-refractivity contribution in [1.82, 2.24) is 4.98 Å². The summed E-state index contributed by atoms with van der Waals surface area (Å²) in [6.45, 7) is 0.346. The molecule has 1 heterocycles. The van der Waals surface area contributed by atoms with E-state index < -0.39 is 0 Å². The van der Waals surface area contributed by atoms with Crippen LogP contribution in [0.1, 0.15) is 0 Å². The van der Waals surface area contributed by atoms with Crippen LogP contribution in [0, 0.1) is 6.07 Å². The molecule has 13 heavy (non-hydrogen) atoms. The van der Waals surface area contributed by atoms with Crippen LogP contribution < -0.4 is 4.74 Å². The minimum absolute atomic E-state index is 0.0286. The molecule has 3 heteroatoms. The SMILES string of the molecule is OCCOc1cccc2[c]c[nH]c12. The highest BCUT2D eigenvalue weighted by atomic mass is 16.5. The smallest absolute Gasteiger partial charge is 0.143 e. The van der Waals surface area contributed by atoms with E-state index in [-0.39, 0.29) is 6.61 Å². The molecule has 0 aliphatic heterocycles. The zero-order valence-electron chi connectivity index (χ0n) is 7.08. The Balaban J connectivity index is 2.37. The summed E-state index contributed by atoms with van der Waals surface area (Å²) < 4.78 is 5.33. The summed E-state index contributed by atoms with van der Waals surface area (Å²) in [5.74, 6) is 0.757. The molecule has 0 amide bonds. The number of hydrogen-bond donors (Lipinski definition) is 2. The van der Waals surface area contributed by atoms with E-state index in [9.17, 15) is 0 Å². The summed E-state index contributed by atoms with van der Waals surface area (Å²) in [4.78, 5) is 3.03. The van der Waals surface area contributed by atoms with Gasteiger partial charge in [-0.25, -0.2) is 0 Å². The second-order valence-corrected chi connectivity index (χ2v) is 2.68. The van der Waals surface area contributed by atoms with Crippen LogP contribution in [0.2, 0.25) is 0 Å². The lowest BCUT2D eigenvalue weighted by molar-refractivity contribution is 0.202. The van der Waals surface area contributed by atoms with Crippen LogP contribution in [0.4, 0.5) is 0 Å². The van der Waals surface area contributed by atoms with Crippen molar-refractivity contribution < 1.29 is 9.84 Å². The van der Waals surface area contributed by atoms with E-state index in [1.54, 1.807) is 6.20 Å². The molecule has 2 N–H and O–H groups in total. The molecule has 0 saturated carbocycles. The van der Waals surface area contributed by atoms with Crippen molar-refractivity contribution in [2.75, 3.05) is 13.2 Å². The topological polar surface area (TPSA) is 45.2 Å².